The fourth-order valence-electron chi connectivity index (χ4n) is 2.84. The Morgan fingerprint density at radius 1 is 1.21 bits per heavy atom. The van der Waals surface area contributed by atoms with Crippen LogP contribution in [0.3, 0.4) is 0 Å². The van der Waals surface area contributed by atoms with Crippen LogP contribution in [0.2, 0.25) is 0 Å². The lowest BCUT2D eigenvalue weighted by Gasteiger charge is -2.46. The van der Waals surface area contributed by atoms with Crippen LogP contribution in [-0.4, -0.2) is 64.2 Å². The summed E-state index contributed by atoms with van der Waals surface area (Å²) in [6.45, 7) is 0.173. The Balaban J connectivity index is 1.79. The van der Waals surface area contributed by atoms with Crippen molar-refractivity contribution >= 4 is 10.1 Å². The number of methoxy groups -OCH3 is 1. The highest BCUT2D eigenvalue weighted by molar-refractivity contribution is 7.86. The smallest absolute Gasteiger partial charge is 0.264 e. The molecule has 1 aromatic carbocycles. The number of fused-ring (bicyclic) bond motifs is 1. The molecule has 3 rings (SSSR count). The topological polar surface area (TPSA) is 101 Å². The molecule has 2 aliphatic rings. The molecule has 0 amide bonds. The van der Waals surface area contributed by atoms with Crippen LogP contribution in [0.15, 0.2) is 30.3 Å². The lowest BCUT2D eigenvalue weighted by atomic mass is 9.98. The second-order valence-electron chi connectivity index (χ2n) is 5.71. The first-order valence-corrected chi connectivity index (χ1v) is 9.27. The largest absolute Gasteiger partial charge is 0.387 e. The van der Waals surface area contributed by atoms with E-state index in [1.807, 2.05) is 30.3 Å². The summed E-state index contributed by atoms with van der Waals surface area (Å²) < 4.78 is 50.0. The van der Waals surface area contributed by atoms with E-state index in [4.69, 9.17) is 23.1 Å². The van der Waals surface area contributed by atoms with Gasteiger partial charge >= 0.3 is 0 Å². The molecule has 9 heteroatoms. The van der Waals surface area contributed by atoms with Gasteiger partial charge in [0.2, 0.25) is 0 Å². The molecule has 0 radical (unpaired) electrons. The Bertz CT molecular complexity index is 649. The van der Waals surface area contributed by atoms with Crippen LogP contribution in [0, 0.1) is 0 Å². The maximum absolute atomic E-state index is 11.4. The first-order chi connectivity index (χ1) is 11.4. The Hall–Kier alpha value is -1.07. The van der Waals surface area contributed by atoms with Gasteiger partial charge in [-0.25, -0.2) is 0 Å². The molecular weight excluding hydrogens is 340 g/mol. The third-order valence-electron chi connectivity index (χ3n) is 3.90. The van der Waals surface area contributed by atoms with E-state index in [0.717, 1.165) is 11.8 Å². The van der Waals surface area contributed by atoms with Crippen molar-refractivity contribution in [1.82, 2.24) is 0 Å². The van der Waals surface area contributed by atoms with Gasteiger partial charge in [0.1, 0.15) is 18.3 Å². The Morgan fingerprint density at radius 3 is 2.54 bits per heavy atom. The SMILES string of the molecule is COC1OC2COC(c3ccccc3)OC2C(O)C1OS(C)(=O)=O. The van der Waals surface area contributed by atoms with Gasteiger partial charge in [-0.15, -0.1) is 0 Å². The summed E-state index contributed by atoms with van der Waals surface area (Å²) in [6, 6.07) is 9.23. The average Bonchev–Trinajstić information content (AvgIpc) is 2.56. The normalized spacial score (nSPS) is 37.0. The summed E-state index contributed by atoms with van der Waals surface area (Å²) in [7, 11) is -2.47. The van der Waals surface area contributed by atoms with Crippen LogP contribution in [0.4, 0.5) is 0 Å². The minimum absolute atomic E-state index is 0.173. The zero-order chi connectivity index (χ0) is 17.3. The average molecular weight is 360 g/mol. The first kappa shape index (κ1) is 17.7. The highest BCUT2D eigenvalue weighted by Crippen LogP contribution is 2.35. The van der Waals surface area contributed by atoms with Gasteiger partial charge in [0.15, 0.2) is 18.7 Å². The molecule has 134 valence electrons. The van der Waals surface area contributed by atoms with Gasteiger partial charge in [-0.3, -0.25) is 4.18 Å². The van der Waals surface area contributed by atoms with Crippen molar-refractivity contribution in [3.63, 3.8) is 0 Å². The number of ether oxygens (including phenoxy) is 4. The van der Waals surface area contributed by atoms with Gasteiger partial charge in [-0.2, -0.15) is 8.42 Å². The number of aliphatic hydroxyl groups is 1. The highest BCUT2D eigenvalue weighted by atomic mass is 32.2. The summed E-state index contributed by atoms with van der Waals surface area (Å²) in [6.07, 6.45) is -4.69. The molecule has 2 fully saturated rings. The second-order valence-corrected chi connectivity index (χ2v) is 7.31. The zero-order valence-corrected chi connectivity index (χ0v) is 14.1. The van der Waals surface area contributed by atoms with Crippen LogP contribution in [-0.2, 0) is 33.2 Å². The number of hydrogen-bond donors (Lipinski definition) is 1. The second kappa shape index (κ2) is 7.04. The number of rotatable bonds is 4. The molecule has 1 N–H and O–H groups in total. The third kappa shape index (κ3) is 3.77. The Labute approximate surface area is 140 Å². The fraction of sp³-hybridized carbons (Fsp3) is 0.600. The minimum Gasteiger partial charge on any atom is -0.387 e. The van der Waals surface area contributed by atoms with Crippen LogP contribution >= 0.6 is 0 Å². The third-order valence-corrected chi connectivity index (χ3v) is 4.47. The van der Waals surface area contributed by atoms with Gasteiger partial charge in [-0.05, 0) is 0 Å². The van der Waals surface area contributed by atoms with E-state index in [0.29, 0.717) is 0 Å². The monoisotopic (exact) mass is 360 g/mol. The van der Waals surface area contributed by atoms with Crippen LogP contribution in [0.1, 0.15) is 11.9 Å². The molecule has 6 atom stereocenters. The summed E-state index contributed by atoms with van der Waals surface area (Å²) in [4.78, 5) is 0. The summed E-state index contributed by atoms with van der Waals surface area (Å²) in [5.74, 6) is 0. The molecular formula is C15H20O8S. The zero-order valence-electron chi connectivity index (χ0n) is 13.3. The van der Waals surface area contributed by atoms with Crippen molar-refractivity contribution in [3.05, 3.63) is 35.9 Å². The maximum Gasteiger partial charge on any atom is 0.264 e. The molecule has 0 bridgehead atoms. The number of aliphatic hydroxyl groups excluding tert-OH is 1. The van der Waals surface area contributed by atoms with Gasteiger partial charge in [-0.1, -0.05) is 30.3 Å². The molecule has 2 heterocycles. The molecule has 2 saturated heterocycles. The molecule has 0 spiro atoms. The predicted octanol–water partition coefficient (Wildman–Crippen LogP) is 0.178. The minimum atomic E-state index is -3.81. The Morgan fingerprint density at radius 2 is 1.92 bits per heavy atom. The van der Waals surface area contributed by atoms with Crippen LogP contribution in [0.5, 0.6) is 0 Å². The quantitative estimate of drug-likeness (QED) is 0.759. The molecule has 2 aliphatic heterocycles. The van der Waals surface area contributed by atoms with E-state index in [1.165, 1.54) is 7.11 Å². The standard InChI is InChI=1S/C15H20O8S/c1-19-15-13(23-24(2,17)18)11(16)12-10(21-15)8-20-14(22-12)9-6-4-3-5-7-9/h3-7,10-16H,8H2,1-2H3. The molecule has 24 heavy (non-hydrogen) atoms. The van der Waals surface area contributed by atoms with E-state index in [-0.39, 0.29) is 6.61 Å². The van der Waals surface area contributed by atoms with E-state index >= 15 is 0 Å². The molecule has 6 unspecified atom stereocenters. The Kier molecular flexibility index (Phi) is 5.21. The summed E-state index contributed by atoms with van der Waals surface area (Å²) in [5, 5.41) is 10.6. The molecule has 0 aliphatic carbocycles. The van der Waals surface area contributed by atoms with Crippen molar-refractivity contribution in [1.29, 1.82) is 0 Å². The van der Waals surface area contributed by atoms with Gasteiger partial charge in [0.05, 0.1) is 12.9 Å². The van der Waals surface area contributed by atoms with Crippen molar-refractivity contribution < 1.29 is 36.7 Å². The number of hydrogen-bond acceptors (Lipinski definition) is 8. The van der Waals surface area contributed by atoms with Crippen LogP contribution < -0.4 is 0 Å². The van der Waals surface area contributed by atoms with Crippen LogP contribution in [0.25, 0.3) is 0 Å². The van der Waals surface area contributed by atoms with Crippen molar-refractivity contribution in [2.45, 2.75) is 37.0 Å². The van der Waals surface area contributed by atoms with Gasteiger partial charge < -0.3 is 24.1 Å². The van der Waals surface area contributed by atoms with Crippen molar-refractivity contribution in [2.75, 3.05) is 20.0 Å². The summed E-state index contributed by atoms with van der Waals surface area (Å²) >= 11 is 0. The lowest BCUT2D eigenvalue weighted by molar-refractivity contribution is -0.354. The van der Waals surface area contributed by atoms with Gasteiger partial charge in [0, 0.05) is 12.7 Å². The fourth-order valence-corrected chi connectivity index (χ4v) is 3.45. The van der Waals surface area contributed by atoms with Crippen molar-refractivity contribution in [3.8, 4) is 0 Å². The number of benzene rings is 1. The summed E-state index contributed by atoms with van der Waals surface area (Å²) in [5.41, 5.74) is 0.789. The van der Waals surface area contributed by atoms with E-state index < -0.39 is 47.1 Å². The molecule has 0 saturated carbocycles. The highest BCUT2D eigenvalue weighted by Gasteiger charge is 2.51. The maximum atomic E-state index is 11.4. The van der Waals surface area contributed by atoms with E-state index in [1.54, 1.807) is 0 Å². The lowest BCUT2D eigenvalue weighted by Crippen LogP contribution is -2.63. The van der Waals surface area contributed by atoms with Gasteiger partial charge in [0.25, 0.3) is 10.1 Å². The molecule has 1 aromatic rings. The van der Waals surface area contributed by atoms with E-state index in [9.17, 15) is 13.5 Å². The predicted molar refractivity (Wildman–Crippen MR) is 81.4 cm³/mol. The van der Waals surface area contributed by atoms with E-state index in [2.05, 4.69) is 0 Å². The molecule has 0 aromatic heterocycles. The first-order valence-electron chi connectivity index (χ1n) is 7.45. The van der Waals surface area contributed by atoms with Crippen molar-refractivity contribution in [2.24, 2.45) is 0 Å². The molecule has 8 nitrogen and oxygen atoms in total.